The maximum atomic E-state index is 11.8. The van der Waals surface area contributed by atoms with Crippen molar-refractivity contribution in [2.75, 3.05) is 13.2 Å². The SMILES string of the molecule is CC(=O)OCCCCOC(=O)C(N)C1CCC(C(=O)O)CC1. The number of nitrogens with two attached hydrogens (primary N) is 1. The molecule has 3 N–H and O–H groups in total. The third-order valence-electron chi connectivity index (χ3n) is 3.99. The normalized spacial score (nSPS) is 22.6. The van der Waals surface area contributed by atoms with Crippen molar-refractivity contribution >= 4 is 17.9 Å². The lowest BCUT2D eigenvalue weighted by molar-refractivity contribution is -0.148. The highest BCUT2D eigenvalue weighted by atomic mass is 16.5. The van der Waals surface area contributed by atoms with Gasteiger partial charge in [-0.3, -0.25) is 14.4 Å². The van der Waals surface area contributed by atoms with Crippen molar-refractivity contribution in [2.45, 2.75) is 51.5 Å². The monoisotopic (exact) mass is 315 g/mol. The number of carboxylic acids is 1. The second-order valence-electron chi connectivity index (χ2n) is 5.69. The first kappa shape index (κ1) is 18.4. The third-order valence-corrected chi connectivity index (χ3v) is 3.99. The third kappa shape index (κ3) is 6.43. The van der Waals surface area contributed by atoms with Crippen LogP contribution in [0.4, 0.5) is 0 Å². The molecule has 0 bridgehead atoms. The maximum absolute atomic E-state index is 11.8. The van der Waals surface area contributed by atoms with Gasteiger partial charge in [-0.05, 0) is 44.4 Å². The van der Waals surface area contributed by atoms with Crippen LogP contribution in [0.5, 0.6) is 0 Å². The molecule has 0 aromatic rings. The molecule has 126 valence electrons. The minimum Gasteiger partial charge on any atom is -0.481 e. The number of carboxylic acid groups (broad SMARTS) is 1. The molecule has 1 fully saturated rings. The molecule has 0 heterocycles. The van der Waals surface area contributed by atoms with Crippen molar-refractivity contribution in [3.8, 4) is 0 Å². The topological polar surface area (TPSA) is 116 Å². The molecule has 22 heavy (non-hydrogen) atoms. The molecular weight excluding hydrogens is 290 g/mol. The summed E-state index contributed by atoms with van der Waals surface area (Å²) in [5.41, 5.74) is 5.90. The van der Waals surface area contributed by atoms with E-state index in [4.69, 9.17) is 20.3 Å². The van der Waals surface area contributed by atoms with Crippen molar-refractivity contribution in [2.24, 2.45) is 17.6 Å². The molecule has 1 aliphatic carbocycles. The highest BCUT2D eigenvalue weighted by molar-refractivity contribution is 5.76. The van der Waals surface area contributed by atoms with Crippen molar-refractivity contribution in [3.63, 3.8) is 0 Å². The summed E-state index contributed by atoms with van der Waals surface area (Å²) >= 11 is 0. The van der Waals surface area contributed by atoms with Crippen molar-refractivity contribution in [3.05, 3.63) is 0 Å². The second kappa shape index (κ2) is 9.40. The Hall–Kier alpha value is -1.63. The van der Waals surface area contributed by atoms with Crippen LogP contribution < -0.4 is 5.73 Å². The summed E-state index contributed by atoms with van der Waals surface area (Å²) < 4.78 is 9.89. The number of unbranched alkanes of at least 4 members (excludes halogenated alkanes) is 1. The molecule has 7 nitrogen and oxygen atoms in total. The van der Waals surface area contributed by atoms with Crippen LogP contribution in [0.15, 0.2) is 0 Å². The minimum absolute atomic E-state index is 0.0100. The fourth-order valence-electron chi connectivity index (χ4n) is 2.61. The zero-order valence-corrected chi connectivity index (χ0v) is 13.0. The van der Waals surface area contributed by atoms with Crippen molar-refractivity contribution < 1.29 is 29.0 Å². The lowest BCUT2D eigenvalue weighted by Crippen LogP contribution is -2.41. The summed E-state index contributed by atoms with van der Waals surface area (Å²) in [5, 5.41) is 8.94. The quantitative estimate of drug-likeness (QED) is 0.508. The molecule has 1 aliphatic rings. The fraction of sp³-hybridized carbons (Fsp3) is 0.800. The average Bonchev–Trinajstić information content (AvgIpc) is 2.49. The second-order valence-corrected chi connectivity index (χ2v) is 5.69. The van der Waals surface area contributed by atoms with E-state index in [1.54, 1.807) is 0 Å². The summed E-state index contributed by atoms with van der Waals surface area (Å²) in [4.78, 5) is 33.3. The summed E-state index contributed by atoms with van der Waals surface area (Å²) in [6.07, 6.45) is 3.63. The molecular formula is C15H25NO6. The van der Waals surface area contributed by atoms with Crippen LogP contribution in [-0.4, -0.2) is 42.3 Å². The van der Waals surface area contributed by atoms with E-state index >= 15 is 0 Å². The van der Waals surface area contributed by atoms with E-state index in [-0.39, 0.29) is 24.4 Å². The number of ether oxygens (including phenoxy) is 2. The molecule has 0 aromatic heterocycles. The molecule has 0 aliphatic heterocycles. The number of hydrogen-bond donors (Lipinski definition) is 2. The van der Waals surface area contributed by atoms with Gasteiger partial charge in [-0.2, -0.15) is 0 Å². The van der Waals surface area contributed by atoms with Gasteiger partial charge in [0.2, 0.25) is 0 Å². The Morgan fingerprint density at radius 3 is 2.14 bits per heavy atom. The molecule has 1 rings (SSSR count). The lowest BCUT2D eigenvalue weighted by Gasteiger charge is -2.29. The molecule has 1 unspecified atom stereocenters. The van der Waals surface area contributed by atoms with Crippen LogP contribution in [0.3, 0.4) is 0 Å². The molecule has 0 aromatic carbocycles. The summed E-state index contributed by atoms with van der Waals surface area (Å²) in [6, 6.07) is -0.691. The van der Waals surface area contributed by atoms with Crippen LogP contribution in [0, 0.1) is 11.8 Å². The highest BCUT2D eigenvalue weighted by Crippen LogP contribution is 2.30. The molecule has 0 saturated heterocycles. The van der Waals surface area contributed by atoms with E-state index in [1.807, 2.05) is 0 Å². The van der Waals surface area contributed by atoms with Gasteiger partial charge in [-0.15, -0.1) is 0 Å². The minimum atomic E-state index is -0.776. The standard InChI is InChI=1S/C15H25NO6/c1-10(17)21-8-2-3-9-22-15(20)13(16)11-4-6-12(7-5-11)14(18)19/h11-13H,2-9,16H2,1H3,(H,18,19). The van der Waals surface area contributed by atoms with Crippen LogP contribution in [-0.2, 0) is 23.9 Å². The molecule has 0 spiro atoms. The molecule has 1 atom stereocenters. The number of esters is 2. The van der Waals surface area contributed by atoms with Crippen molar-refractivity contribution in [1.82, 2.24) is 0 Å². The van der Waals surface area contributed by atoms with Gasteiger partial charge in [0.1, 0.15) is 6.04 Å². The fourth-order valence-corrected chi connectivity index (χ4v) is 2.61. The van der Waals surface area contributed by atoms with Gasteiger partial charge < -0.3 is 20.3 Å². The number of carbonyl (C=O) groups excluding carboxylic acids is 2. The number of rotatable bonds is 8. The van der Waals surface area contributed by atoms with Crippen LogP contribution >= 0.6 is 0 Å². The number of carbonyl (C=O) groups is 3. The number of hydrogen-bond acceptors (Lipinski definition) is 6. The Morgan fingerprint density at radius 2 is 1.64 bits per heavy atom. The first-order valence-corrected chi connectivity index (χ1v) is 7.70. The predicted octanol–water partition coefficient (Wildman–Crippen LogP) is 1.09. The summed E-state index contributed by atoms with van der Waals surface area (Å²) in [6.45, 7) is 1.91. The molecule has 0 radical (unpaired) electrons. The van der Waals surface area contributed by atoms with E-state index in [0.717, 1.165) is 0 Å². The van der Waals surface area contributed by atoms with E-state index < -0.39 is 18.0 Å². The molecule has 0 amide bonds. The zero-order chi connectivity index (χ0) is 16.5. The first-order valence-electron chi connectivity index (χ1n) is 7.70. The Morgan fingerprint density at radius 1 is 1.09 bits per heavy atom. The average molecular weight is 315 g/mol. The van der Waals surface area contributed by atoms with Gasteiger partial charge in [-0.1, -0.05) is 0 Å². The predicted molar refractivity (Wildman–Crippen MR) is 77.9 cm³/mol. The highest BCUT2D eigenvalue weighted by Gasteiger charge is 2.32. The number of aliphatic carboxylic acids is 1. The maximum Gasteiger partial charge on any atom is 0.323 e. The largest absolute Gasteiger partial charge is 0.481 e. The Kier molecular flexibility index (Phi) is 7.87. The van der Waals surface area contributed by atoms with Crippen molar-refractivity contribution in [1.29, 1.82) is 0 Å². The summed E-state index contributed by atoms with van der Waals surface area (Å²) in [5.74, 6) is -1.87. The van der Waals surface area contributed by atoms with Crippen LogP contribution in [0.25, 0.3) is 0 Å². The van der Waals surface area contributed by atoms with Gasteiger partial charge in [0.05, 0.1) is 19.1 Å². The Balaban J connectivity index is 2.17. The van der Waals surface area contributed by atoms with E-state index in [2.05, 4.69) is 0 Å². The zero-order valence-electron chi connectivity index (χ0n) is 13.0. The van der Waals surface area contributed by atoms with Gasteiger partial charge in [0.15, 0.2) is 0 Å². The smallest absolute Gasteiger partial charge is 0.323 e. The Bertz CT molecular complexity index is 389. The van der Waals surface area contributed by atoms with Crippen LogP contribution in [0.2, 0.25) is 0 Å². The van der Waals surface area contributed by atoms with Gasteiger partial charge in [-0.25, -0.2) is 0 Å². The van der Waals surface area contributed by atoms with Gasteiger partial charge in [0, 0.05) is 6.92 Å². The Labute approximate surface area is 130 Å². The summed E-state index contributed by atoms with van der Waals surface area (Å²) in [7, 11) is 0. The van der Waals surface area contributed by atoms with Gasteiger partial charge >= 0.3 is 17.9 Å². The van der Waals surface area contributed by atoms with Crippen LogP contribution in [0.1, 0.15) is 45.4 Å². The van der Waals surface area contributed by atoms with E-state index in [9.17, 15) is 14.4 Å². The lowest BCUT2D eigenvalue weighted by atomic mass is 9.79. The molecule has 1 saturated carbocycles. The van der Waals surface area contributed by atoms with E-state index in [1.165, 1.54) is 6.92 Å². The van der Waals surface area contributed by atoms with Gasteiger partial charge in [0.25, 0.3) is 0 Å². The van der Waals surface area contributed by atoms with E-state index in [0.29, 0.717) is 45.1 Å². The first-order chi connectivity index (χ1) is 10.4. The molecule has 7 heteroatoms.